The number of amides is 1. The number of hydrogen-bond donors (Lipinski definition) is 2. The Morgan fingerprint density at radius 3 is 2.50 bits per heavy atom. The molecule has 2 unspecified atom stereocenters. The lowest BCUT2D eigenvalue weighted by atomic mass is 9.95. The highest BCUT2D eigenvalue weighted by Gasteiger charge is 2.34. The number of hydrogen-bond acceptors (Lipinski definition) is 3. The molecule has 2 atom stereocenters. The fourth-order valence-electron chi connectivity index (χ4n) is 1.74. The van der Waals surface area contributed by atoms with Crippen LogP contribution >= 0.6 is 0 Å². The van der Waals surface area contributed by atoms with Crippen molar-refractivity contribution in [2.24, 2.45) is 11.8 Å². The quantitative estimate of drug-likeness (QED) is 0.722. The Balaban J connectivity index is 2.75. The molecular weight excluding hydrogens is 208 g/mol. The molecule has 5 heteroatoms. The molecule has 1 aliphatic rings. The third kappa shape index (κ3) is 2.72. The van der Waals surface area contributed by atoms with Crippen molar-refractivity contribution < 1.29 is 14.7 Å². The van der Waals surface area contributed by atoms with E-state index in [0.29, 0.717) is 19.6 Å². The van der Waals surface area contributed by atoms with Crippen LogP contribution in [0, 0.1) is 11.8 Å². The third-order valence-corrected chi connectivity index (χ3v) is 3.20. The maximum atomic E-state index is 12.1. The standard InChI is InChI=1S/C11H20N2O3/c1-7(2)8(3)10(14)13-5-4-12-6-9(13)11(15)16/h7-9,12H,4-6H2,1-3H3,(H,15,16). The predicted octanol–water partition coefficient (Wildman–Crippen LogP) is 0.164. The van der Waals surface area contributed by atoms with Gasteiger partial charge in [-0.05, 0) is 5.92 Å². The van der Waals surface area contributed by atoms with Crippen molar-refractivity contribution in [1.29, 1.82) is 0 Å². The Labute approximate surface area is 95.8 Å². The molecule has 1 amide bonds. The maximum Gasteiger partial charge on any atom is 0.327 e. The molecule has 1 heterocycles. The average Bonchev–Trinajstić information content (AvgIpc) is 2.26. The van der Waals surface area contributed by atoms with Crippen molar-refractivity contribution in [1.82, 2.24) is 10.2 Å². The van der Waals surface area contributed by atoms with Gasteiger partial charge in [-0.2, -0.15) is 0 Å². The summed E-state index contributed by atoms with van der Waals surface area (Å²) in [4.78, 5) is 24.6. The Morgan fingerprint density at radius 2 is 2.00 bits per heavy atom. The number of rotatable bonds is 3. The lowest BCUT2D eigenvalue weighted by molar-refractivity contribution is -0.153. The van der Waals surface area contributed by atoms with Gasteiger partial charge in [-0.1, -0.05) is 20.8 Å². The summed E-state index contributed by atoms with van der Waals surface area (Å²) in [5, 5.41) is 12.0. The van der Waals surface area contributed by atoms with Crippen LogP contribution in [0.4, 0.5) is 0 Å². The summed E-state index contributed by atoms with van der Waals surface area (Å²) < 4.78 is 0. The number of aliphatic carboxylic acids is 1. The summed E-state index contributed by atoms with van der Waals surface area (Å²) in [7, 11) is 0. The molecule has 0 bridgehead atoms. The number of carboxylic acid groups (broad SMARTS) is 1. The zero-order chi connectivity index (χ0) is 12.3. The van der Waals surface area contributed by atoms with E-state index in [4.69, 9.17) is 5.11 Å². The van der Waals surface area contributed by atoms with Gasteiger partial charge in [0.25, 0.3) is 0 Å². The Morgan fingerprint density at radius 1 is 1.38 bits per heavy atom. The SMILES string of the molecule is CC(C)C(C)C(=O)N1CCNCC1C(=O)O. The Hall–Kier alpha value is -1.10. The molecule has 0 aromatic heterocycles. The highest BCUT2D eigenvalue weighted by Crippen LogP contribution is 2.16. The lowest BCUT2D eigenvalue weighted by Gasteiger charge is -2.35. The van der Waals surface area contributed by atoms with Gasteiger partial charge in [0.05, 0.1) is 0 Å². The molecule has 5 nitrogen and oxygen atoms in total. The van der Waals surface area contributed by atoms with E-state index < -0.39 is 12.0 Å². The molecule has 92 valence electrons. The van der Waals surface area contributed by atoms with Gasteiger partial charge in [-0.3, -0.25) is 4.79 Å². The summed E-state index contributed by atoms with van der Waals surface area (Å²) in [6.45, 7) is 7.29. The second-order valence-corrected chi connectivity index (χ2v) is 4.62. The molecule has 0 saturated carbocycles. The second-order valence-electron chi connectivity index (χ2n) is 4.62. The number of nitrogens with zero attached hydrogens (tertiary/aromatic N) is 1. The fourth-order valence-corrected chi connectivity index (χ4v) is 1.74. The Bertz CT molecular complexity index is 278. The van der Waals surface area contributed by atoms with E-state index in [1.807, 2.05) is 20.8 Å². The first-order valence-electron chi connectivity index (χ1n) is 5.69. The van der Waals surface area contributed by atoms with Gasteiger partial charge in [0.1, 0.15) is 6.04 Å². The summed E-state index contributed by atoms with van der Waals surface area (Å²) >= 11 is 0. The topological polar surface area (TPSA) is 69.6 Å². The van der Waals surface area contributed by atoms with Crippen molar-refractivity contribution in [3.63, 3.8) is 0 Å². The molecule has 2 N–H and O–H groups in total. The average molecular weight is 228 g/mol. The number of carbonyl (C=O) groups is 2. The van der Waals surface area contributed by atoms with Gasteiger partial charge in [0.2, 0.25) is 5.91 Å². The first kappa shape index (κ1) is 13.0. The van der Waals surface area contributed by atoms with Gasteiger partial charge in [0, 0.05) is 25.6 Å². The van der Waals surface area contributed by atoms with E-state index in [1.54, 1.807) is 0 Å². The van der Waals surface area contributed by atoms with Crippen molar-refractivity contribution >= 4 is 11.9 Å². The van der Waals surface area contributed by atoms with E-state index in [1.165, 1.54) is 4.90 Å². The highest BCUT2D eigenvalue weighted by atomic mass is 16.4. The maximum absolute atomic E-state index is 12.1. The first-order valence-corrected chi connectivity index (χ1v) is 5.69. The van der Waals surface area contributed by atoms with Gasteiger partial charge in [-0.15, -0.1) is 0 Å². The van der Waals surface area contributed by atoms with Crippen LogP contribution in [0.1, 0.15) is 20.8 Å². The molecule has 0 spiro atoms. The van der Waals surface area contributed by atoms with E-state index in [2.05, 4.69) is 5.32 Å². The van der Waals surface area contributed by atoms with E-state index in [-0.39, 0.29) is 17.7 Å². The predicted molar refractivity (Wildman–Crippen MR) is 60.0 cm³/mol. The van der Waals surface area contributed by atoms with Crippen LogP contribution < -0.4 is 5.32 Å². The van der Waals surface area contributed by atoms with Crippen molar-refractivity contribution in [2.75, 3.05) is 19.6 Å². The number of carbonyl (C=O) groups excluding carboxylic acids is 1. The largest absolute Gasteiger partial charge is 0.480 e. The normalized spacial score (nSPS) is 23.2. The number of carboxylic acids is 1. The summed E-state index contributed by atoms with van der Waals surface area (Å²) in [6, 6.07) is -0.720. The monoisotopic (exact) mass is 228 g/mol. The molecule has 1 rings (SSSR count). The van der Waals surface area contributed by atoms with Crippen LogP contribution in [0.3, 0.4) is 0 Å². The molecule has 1 fully saturated rings. The van der Waals surface area contributed by atoms with Gasteiger partial charge >= 0.3 is 5.97 Å². The smallest absolute Gasteiger partial charge is 0.327 e. The second kappa shape index (κ2) is 5.30. The molecule has 0 aliphatic carbocycles. The van der Waals surface area contributed by atoms with Crippen LogP contribution in [0.5, 0.6) is 0 Å². The summed E-state index contributed by atoms with van der Waals surface area (Å²) in [5.74, 6) is -0.878. The molecular formula is C11H20N2O3. The molecule has 0 aromatic carbocycles. The van der Waals surface area contributed by atoms with Gasteiger partial charge in [0.15, 0.2) is 0 Å². The zero-order valence-electron chi connectivity index (χ0n) is 10.1. The summed E-state index contributed by atoms with van der Waals surface area (Å²) in [5.41, 5.74) is 0. The van der Waals surface area contributed by atoms with Crippen LogP contribution in [-0.2, 0) is 9.59 Å². The molecule has 1 aliphatic heterocycles. The van der Waals surface area contributed by atoms with Crippen molar-refractivity contribution in [3.8, 4) is 0 Å². The minimum atomic E-state index is -0.934. The van der Waals surface area contributed by atoms with Crippen LogP contribution in [-0.4, -0.2) is 47.6 Å². The van der Waals surface area contributed by atoms with Crippen molar-refractivity contribution in [3.05, 3.63) is 0 Å². The van der Waals surface area contributed by atoms with Gasteiger partial charge < -0.3 is 15.3 Å². The first-order chi connectivity index (χ1) is 7.45. The molecule has 1 saturated heterocycles. The van der Waals surface area contributed by atoms with E-state index in [0.717, 1.165) is 0 Å². The third-order valence-electron chi connectivity index (χ3n) is 3.20. The molecule has 16 heavy (non-hydrogen) atoms. The van der Waals surface area contributed by atoms with Gasteiger partial charge in [-0.25, -0.2) is 4.79 Å². The van der Waals surface area contributed by atoms with Crippen LogP contribution in [0.15, 0.2) is 0 Å². The van der Waals surface area contributed by atoms with Crippen LogP contribution in [0.2, 0.25) is 0 Å². The molecule has 0 aromatic rings. The minimum absolute atomic E-state index is 0.0519. The molecule has 0 radical (unpaired) electrons. The van der Waals surface area contributed by atoms with Crippen LogP contribution in [0.25, 0.3) is 0 Å². The lowest BCUT2D eigenvalue weighted by Crippen LogP contribution is -2.58. The van der Waals surface area contributed by atoms with Crippen molar-refractivity contribution in [2.45, 2.75) is 26.8 Å². The highest BCUT2D eigenvalue weighted by molar-refractivity contribution is 5.85. The number of piperazine rings is 1. The van der Waals surface area contributed by atoms with E-state index in [9.17, 15) is 9.59 Å². The minimum Gasteiger partial charge on any atom is -0.480 e. The number of nitrogens with one attached hydrogen (secondary N) is 1. The fraction of sp³-hybridized carbons (Fsp3) is 0.818. The van der Waals surface area contributed by atoms with E-state index >= 15 is 0 Å². The zero-order valence-corrected chi connectivity index (χ0v) is 10.1. The Kier molecular flexibility index (Phi) is 4.29. The summed E-state index contributed by atoms with van der Waals surface area (Å²) in [6.07, 6.45) is 0.